The van der Waals surface area contributed by atoms with Gasteiger partial charge in [-0.15, -0.1) is 0 Å². The third-order valence-electron chi connectivity index (χ3n) is 2.75. The van der Waals surface area contributed by atoms with Crippen molar-refractivity contribution in [3.8, 4) is 0 Å². The standard InChI is InChI=1S/C14H24N2/c1-5-16(4)14-9-7-6-8-13(14)11-15-10-12(2)3/h6-9,12,15H,5,10-11H2,1-4H3. The summed E-state index contributed by atoms with van der Waals surface area (Å²) in [6.07, 6.45) is 0. The van der Waals surface area contributed by atoms with Crippen molar-refractivity contribution in [3.05, 3.63) is 29.8 Å². The Morgan fingerprint density at radius 3 is 2.56 bits per heavy atom. The van der Waals surface area contributed by atoms with Gasteiger partial charge in [-0.1, -0.05) is 32.0 Å². The van der Waals surface area contributed by atoms with Gasteiger partial charge in [-0.2, -0.15) is 0 Å². The molecule has 2 nitrogen and oxygen atoms in total. The highest BCUT2D eigenvalue weighted by molar-refractivity contribution is 5.52. The van der Waals surface area contributed by atoms with Crippen LogP contribution in [-0.4, -0.2) is 20.1 Å². The predicted molar refractivity (Wildman–Crippen MR) is 71.9 cm³/mol. The van der Waals surface area contributed by atoms with E-state index in [1.165, 1.54) is 11.3 Å². The molecule has 0 saturated heterocycles. The molecule has 90 valence electrons. The Bertz CT molecular complexity index is 307. The molecular weight excluding hydrogens is 196 g/mol. The van der Waals surface area contributed by atoms with Gasteiger partial charge in [0.25, 0.3) is 0 Å². The Balaban J connectivity index is 2.64. The van der Waals surface area contributed by atoms with Crippen molar-refractivity contribution in [1.29, 1.82) is 0 Å². The molecule has 1 aromatic carbocycles. The zero-order chi connectivity index (χ0) is 12.0. The molecule has 1 aromatic rings. The molecule has 2 heteroatoms. The molecule has 0 unspecified atom stereocenters. The number of rotatable bonds is 6. The fourth-order valence-corrected chi connectivity index (χ4v) is 1.70. The van der Waals surface area contributed by atoms with Crippen LogP contribution in [0.25, 0.3) is 0 Å². The first-order valence-electron chi connectivity index (χ1n) is 6.15. The van der Waals surface area contributed by atoms with Gasteiger partial charge in [0.15, 0.2) is 0 Å². The summed E-state index contributed by atoms with van der Waals surface area (Å²) in [5.74, 6) is 0.705. The molecule has 0 aromatic heterocycles. The molecule has 0 heterocycles. The summed E-state index contributed by atoms with van der Waals surface area (Å²) in [7, 11) is 2.14. The van der Waals surface area contributed by atoms with E-state index in [2.05, 4.69) is 62.3 Å². The van der Waals surface area contributed by atoms with Crippen LogP contribution in [-0.2, 0) is 6.54 Å². The van der Waals surface area contributed by atoms with Gasteiger partial charge in [0.1, 0.15) is 0 Å². The summed E-state index contributed by atoms with van der Waals surface area (Å²) in [5, 5.41) is 3.49. The van der Waals surface area contributed by atoms with Crippen LogP contribution in [0.2, 0.25) is 0 Å². The van der Waals surface area contributed by atoms with Crippen LogP contribution >= 0.6 is 0 Å². The van der Waals surface area contributed by atoms with E-state index in [1.54, 1.807) is 0 Å². The topological polar surface area (TPSA) is 15.3 Å². The van der Waals surface area contributed by atoms with Gasteiger partial charge < -0.3 is 10.2 Å². The zero-order valence-electron chi connectivity index (χ0n) is 11.0. The van der Waals surface area contributed by atoms with Crippen molar-refractivity contribution in [1.82, 2.24) is 5.32 Å². The van der Waals surface area contributed by atoms with E-state index in [-0.39, 0.29) is 0 Å². The van der Waals surface area contributed by atoms with Gasteiger partial charge in [-0.3, -0.25) is 0 Å². The average Bonchev–Trinajstić information content (AvgIpc) is 2.28. The highest BCUT2D eigenvalue weighted by Crippen LogP contribution is 2.18. The molecule has 0 fully saturated rings. The molecule has 0 aliphatic heterocycles. The second-order valence-electron chi connectivity index (χ2n) is 4.67. The molecule has 0 saturated carbocycles. The maximum atomic E-state index is 3.49. The third kappa shape index (κ3) is 3.86. The molecule has 0 aliphatic carbocycles. The Labute approximate surface area is 99.7 Å². The largest absolute Gasteiger partial charge is 0.375 e. The molecule has 16 heavy (non-hydrogen) atoms. The lowest BCUT2D eigenvalue weighted by Crippen LogP contribution is -2.22. The van der Waals surface area contributed by atoms with Crippen molar-refractivity contribution >= 4 is 5.69 Å². The number of benzene rings is 1. The number of nitrogens with one attached hydrogen (secondary N) is 1. The summed E-state index contributed by atoms with van der Waals surface area (Å²) >= 11 is 0. The quantitative estimate of drug-likeness (QED) is 0.793. The fraction of sp³-hybridized carbons (Fsp3) is 0.571. The Morgan fingerprint density at radius 1 is 1.25 bits per heavy atom. The predicted octanol–water partition coefficient (Wildman–Crippen LogP) is 2.89. The average molecular weight is 220 g/mol. The van der Waals surface area contributed by atoms with E-state index in [0.717, 1.165) is 19.6 Å². The molecule has 0 atom stereocenters. The lowest BCUT2D eigenvalue weighted by molar-refractivity contribution is 0.552. The van der Waals surface area contributed by atoms with E-state index in [9.17, 15) is 0 Å². The molecule has 0 spiro atoms. The van der Waals surface area contributed by atoms with E-state index in [4.69, 9.17) is 0 Å². The first kappa shape index (κ1) is 13.0. The van der Waals surface area contributed by atoms with Gasteiger partial charge >= 0.3 is 0 Å². The molecule has 0 aliphatic rings. The SMILES string of the molecule is CCN(C)c1ccccc1CNCC(C)C. The maximum absolute atomic E-state index is 3.49. The minimum Gasteiger partial charge on any atom is -0.375 e. The summed E-state index contributed by atoms with van der Waals surface area (Å²) in [4.78, 5) is 2.28. The summed E-state index contributed by atoms with van der Waals surface area (Å²) in [5.41, 5.74) is 2.72. The summed E-state index contributed by atoms with van der Waals surface area (Å²) in [6, 6.07) is 8.61. The van der Waals surface area contributed by atoms with Gasteiger partial charge in [0.05, 0.1) is 0 Å². The van der Waals surface area contributed by atoms with Crippen LogP contribution in [0.1, 0.15) is 26.3 Å². The minimum atomic E-state index is 0.705. The van der Waals surface area contributed by atoms with Crippen LogP contribution < -0.4 is 10.2 Å². The van der Waals surface area contributed by atoms with Crippen LogP contribution in [0.4, 0.5) is 5.69 Å². The van der Waals surface area contributed by atoms with Crippen molar-refractivity contribution in [2.45, 2.75) is 27.3 Å². The molecule has 0 radical (unpaired) electrons. The minimum absolute atomic E-state index is 0.705. The van der Waals surface area contributed by atoms with Gasteiger partial charge in [-0.05, 0) is 31.0 Å². The van der Waals surface area contributed by atoms with Gasteiger partial charge in [0, 0.05) is 25.8 Å². The molecule has 1 rings (SSSR count). The molecule has 0 amide bonds. The highest BCUT2D eigenvalue weighted by Gasteiger charge is 2.04. The second-order valence-corrected chi connectivity index (χ2v) is 4.67. The first-order chi connectivity index (χ1) is 7.65. The van der Waals surface area contributed by atoms with Gasteiger partial charge in [-0.25, -0.2) is 0 Å². The molecule has 1 N–H and O–H groups in total. The Hall–Kier alpha value is -1.02. The van der Waals surface area contributed by atoms with Crippen molar-refractivity contribution < 1.29 is 0 Å². The monoisotopic (exact) mass is 220 g/mol. The van der Waals surface area contributed by atoms with E-state index in [0.29, 0.717) is 5.92 Å². The second kappa shape index (κ2) is 6.54. The van der Waals surface area contributed by atoms with Crippen LogP contribution in [0.15, 0.2) is 24.3 Å². The summed E-state index contributed by atoms with van der Waals surface area (Å²) in [6.45, 7) is 9.72. The van der Waals surface area contributed by atoms with Gasteiger partial charge in [0.2, 0.25) is 0 Å². The molecule has 0 bridgehead atoms. The lowest BCUT2D eigenvalue weighted by Gasteiger charge is -2.21. The Morgan fingerprint density at radius 2 is 1.94 bits per heavy atom. The zero-order valence-corrected chi connectivity index (χ0v) is 11.0. The van der Waals surface area contributed by atoms with Crippen LogP contribution in [0, 0.1) is 5.92 Å². The van der Waals surface area contributed by atoms with Crippen LogP contribution in [0.5, 0.6) is 0 Å². The molecular formula is C14H24N2. The first-order valence-corrected chi connectivity index (χ1v) is 6.15. The fourth-order valence-electron chi connectivity index (χ4n) is 1.70. The van der Waals surface area contributed by atoms with Crippen molar-refractivity contribution in [3.63, 3.8) is 0 Å². The number of nitrogens with zero attached hydrogens (tertiary/aromatic N) is 1. The number of hydrogen-bond acceptors (Lipinski definition) is 2. The van der Waals surface area contributed by atoms with Crippen molar-refractivity contribution in [2.75, 3.05) is 25.0 Å². The van der Waals surface area contributed by atoms with E-state index >= 15 is 0 Å². The van der Waals surface area contributed by atoms with Crippen molar-refractivity contribution in [2.24, 2.45) is 5.92 Å². The smallest absolute Gasteiger partial charge is 0.0409 e. The normalized spacial score (nSPS) is 10.8. The highest BCUT2D eigenvalue weighted by atomic mass is 15.1. The van der Waals surface area contributed by atoms with Crippen LogP contribution in [0.3, 0.4) is 0 Å². The number of anilines is 1. The summed E-state index contributed by atoms with van der Waals surface area (Å²) < 4.78 is 0. The number of hydrogen-bond donors (Lipinski definition) is 1. The third-order valence-corrected chi connectivity index (χ3v) is 2.75. The lowest BCUT2D eigenvalue weighted by atomic mass is 10.1. The Kier molecular flexibility index (Phi) is 5.33. The maximum Gasteiger partial charge on any atom is 0.0409 e. The van der Waals surface area contributed by atoms with E-state index in [1.807, 2.05) is 0 Å². The number of para-hydroxylation sites is 1. The van der Waals surface area contributed by atoms with E-state index < -0.39 is 0 Å².